The number of hydrogen-bond donors (Lipinski definition) is 0. The molecule has 1 aliphatic heterocycles. The van der Waals surface area contributed by atoms with Crippen LogP contribution in [0.1, 0.15) is 56.7 Å². The molecule has 0 bridgehead atoms. The third-order valence-corrected chi connectivity index (χ3v) is 7.74. The van der Waals surface area contributed by atoms with Gasteiger partial charge >= 0.3 is 0 Å². The molecule has 0 fully saturated rings. The second kappa shape index (κ2) is 8.50. The number of hydrogen-bond acceptors (Lipinski definition) is 6. The van der Waals surface area contributed by atoms with Gasteiger partial charge in [0.2, 0.25) is 0 Å². The summed E-state index contributed by atoms with van der Waals surface area (Å²) in [6.45, 7) is 3.50. The highest BCUT2D eigenvalue weighted by molar-refractivity contribution is 7.18. The average molecular weight is 465 g/mol. The maximum atomic E-state index is 13.6. The molecule has 1 aliphatic carbocycles. The smallest absolute Gasteiger partial charge is 0.262 e. The minimum atomic E-state index is -0.258. The van der Waals surface area contributed by atoms with Crippen molar-refractivity contribution in [3.63, 3.8) is 0 Å². The molecule has 3 aromatic rings. The van der Waals surface area contributed by atoms with Crippen LogP contribution in [-0.2, 0) is 25.9 Å². The van der Waals surface area contributed by atoms with E-state index in [9.17, 15) is 14.4 Å². The lowest BCUT2D eigenvalue weighted by Gasteiger charge is -2.19. The van der Waals surface area contributed by atoms with Crippen molar-refractivity contribution in [2.45, 2.75) is 45.7 Å². The van der Waals surface area contributed by atoms with Gasteiger partial charge in [-0.2, -0.15) is 0 Å². The average Bonchev–Trinajstić information content (AvgIpc) is 3.25. The highest BCUT2D eigenvalue weighted by Crippen LogP contribution is 2.36. The van der Waals surface area contributed by atoms with Crippen molar-refractivity contribution in [2.75, 3.05) is 20.6 Å². The maximum absolute atomic E-state index is 13.6. The lowest BCUT2D eigenvalue weighted by Crippen LogP contribution is -2.33. The van der Waals surface area contributed by atoms with Crippen LogP contribution in [0.5, 0.6) is 0 Å². The Morgan fingerprint density at radius 1 is 1.09 bits per heavy atom. The van der Waals surface area contributed by atoms with Gasteiger partial charge in [-0.25, -0.2) is 4.98 Å². The summed E-state index contributed by atoms with van der Waals surface area (Å²) in [5.74, 6) is 0.845. The Kier molecular flexibility index (Phi) is 5.66. The molecule has 0 saturated heterocycles. The number of aryl methyl sites for hydroxylation is 1. The van der Waals surface area contributed by atoms with E-state index in [2.05, 4.69) is 6.92 Å². The summed E-state index contributed by atoms with van der Waals surface area (Å²) in [4.78, 5) is 49.3. The number of amides is 2. The van der Waals surface area contributed by atoms with Gasteiger partial charge in [-0.1, -0.05) is 19.1 Å². The summed E-state index contributed by atoms with van der Waals surface area (Å²) in [7, 11) is 3.92. The van der Waals surface area contributed by atoms with Crippen LogP contribution in [0.25, 0.3) is 10.2 Å². The van der Waals surface area contributed by atoms with E-state index in [1.807, 2.05) is 19.0 Å². The van der Waals surface area contributed by atoms with E-state index in [1.54, 1.807) is 40.2 Å². The molecule has 0 saturated carbocycles. The number of nitrogens with zero attached hydrogens (tertiary/aromatic N) is 4. The Labute approximate surface area is 196 Å². The number of aromatic nitrogens is 2. The van der Waals surface area contributed by atoms with Gasteiger partial charge in [0.1, 0.15) is 10.7 Å². The summed E-state index contributed by atoms with van der Waals surface area (Å²) in [6, 6.07) is 6.91. The summed E-state index contributed by atoms with van der Waals surface area (Å²) >= 11 is 1.66. The monoisotopic (exact) mass is 464 g/mol. The molecular weight excluding hydrogens is 436 g/mol. The van der Waals surface area contributed by atoms with Gasteiger partial charge in [0.25, 0.3) is 17.4 Å². The quantitative estimate of drug-likeness (QED) is 0.523. The van der Waals surface area contributed by atoms with E-state index in [-0.39, 0.29) is 23.9 Å². The van der Waals surface area contributed by atoms with Crippen molar-refractivity contribution in [1.29, 1.82) is 0 Å². The third kappa shape index (κ3) is 3.81. The summed E-state index contributed by atoms with van der Waals surface area (Å²) < 4.78 is 1.76. The number of thiophene rings is 1. The van der Waals surface area contributed by atoms with Crippen LogP contribution < -0.4 is 5.56 Å². The first-order valence-electron chi connectivity index (χ1n) is 11.5. The number of imide groups is 1. The van der Waals surface area contributed by atoms with Crippen LogP contribution in [0.4, 0.5) is 0 Å². The van der Waals surface area contributed by atoms with Gasteiger partial charge in [-0.05, 0) is 63.4 Å². The zero-order chi connectivity index (χ0) is 23.3. The van der Waals surface area contributed by atoms with Gasteiger partial charge in [0.05, 0.1) is 23.1 Å². The number of carbonyl (C=O) groups is 2. The molecule has 0 radical (unpaired) electrons. The molecule has 8 heteroatoms. The van der Waals surface area contributed by atoms with Crippen LogP contribution in [0.15, 0.2) is 29.1 Å². The Bertz CT molecular complexity index is 1290. The van der Waals surface area contributed by atoms with Crippen molar-refractivity contribution in [3.8, 4) is 0 Å². The van der Waals surface area contributed by atoms with E-state index < -0.39 is 0 Å². The number of rotatable bonds is 6. The summed E-state index contributed by atoms with van der Waals surface area (Å²) in [5, 5.41) is 0.769. The molecule has 7 nitrogen and oxygen atoms in total. The van der Waals surface area contributed by atoms with Gasteiger partial charge in [-0.3, -0.25) is 23.9 Å². The van der Waals surface area contributed by atoms with Crippen molar-refractivity contribution in [1.82, 2.24) is 19.4 Å². The first-order chi connectivity index (χ1) is 15.8. The van der Waals surface area contributed by atoms with E-state index in [1.165, 1.54) is 15.3 Å². The van der Waals surface area contributed by atoms with Crippen molar-refractivity contribution < 1.29 is 9.59 Å². The summed E-state index contributed by atoms with van der Waals surface area (Å²) in [6.07, 6.45) is 3.54. The van der Waals surface area contributed by atoms with Crippen LogP contribution in [0, 0.1) is 5.92 Å². The lowest BCUT2D eigenvalue weighted by atomic mass is 9.89. The third-order valence-electron chi connectivity index (χ3n) is 6.59. The van der Waals surface area contributed by atoms with Gasteiger partial charge in [-0.15, -0.1) is 11.3 Å². The molecule has 0 N–H and O–H groups in total. The van der Waals surface area contributed by atoms with E-state index in [0.29, 0.717) is 36.6 Å². The molecule has 1 atom stereocenters. The minimum Gasteiger partial charge on any atom is -0.302 e. The largest absolute Gasteiger partial charge is 0.302 e. The first kappa shape index (κ1) is 22.0. The fourth-order valence-corrected chi connectivity index (χ4v) is 6.32. The zero-order valence-corrected chi connectivity index (χ0v) is 20.1. The van der Waals surface area contributed by atoms with Gasteiger partial charge < -0.3 is 4.90 Å². The maximum Gasteiger partial charge on any atom is 0.262 e. The van der Waals surface area contributed by atoms with Gasteiger partial charge in [0, 0.05) is 18.0 Å². The SMILES string of the molecule is CC1CCc2c(sc3nc(CN(C)C)n(CCCN4C(=O)c5ccccc5C4=O)c(=O)c23)C1. The van der Waals surface area contributed by atoms with Crippen molar-refractivity contribution in [2.24, 2.45) is 5.92 Å². The van der Waals surface area contributed by atoms with E-state index in [4.69, 9.17) is 4.98 Å². The molecule has 0 spiro atoms. The number of carbonyl (C=O) groups excluding carboxylic acids is 2. The minimum absolute atomic E-state index is 0.00580. The molecule has 2 aromatic heterocycles. The van der Waals surface area contributed by atoms with Crippen molar-refractivity contribution in [3.05, 3.63) is 62.0 Å². The second-order valence-corrected chi connectivity index (χ2v) is 10.5. The van der Waals surface area contributed by atoms with Gasteiger partial charge in [0.15, 0.2) is 0 Å². The number of benzene rings is 1. The van der Waals surface area contributed by atoms with E-state index in [0.717, 1.165) is 35.3 Å². The number of fused-ring (bicyclic) bond motifs is 4. The highest BCUT2D eigenvalue weighted by atomic mass is 32.1. The molecule has 2 amide bonds. The topological polar surface area (TPSA) is 75.5 Å². The summed E-state index contributed by atoms with van der Waals surface area (Å²) in [5.41, 5.74) is 2.09. The second-order valence-electron chi connectivity index (χ2n) is 9.42. The molecule has 33 heavy (non-hydrogen) atoms. The predicted octanol–water partition coefficient (Wildman–Crippen LogP) is 3.33. The first-order valence-corrected chi connectivity index (χ1v) is 12.3. The van der Waals surface area contributed by atoms with Crippen LogP contribution in [0.3, 0.4) is 0 Å². The highest BCUT2D eigenvalue weighted by Gasteiger charge is 2.34. The van der Waals surface area contributed by atoms with Crippen molar-refractivity contribution >= 4 is 33.4 Å². The van der Waals surface area contributed by atoms with E-state index >= 15 is 0 Å². The molecule has 172 valence electrons. The normalized spacial score (nSPS) is 17.8. The molecular formula is C25H28N4O3S. The van der Waals surface area contributed by atoms with Crippen LogP contribution >= 0.6 is 11.3 Å². The fourth-order valence-electron chi connectivity index (χ4n) is 4.93. The molecule has 3 heterocycles. The Morgan fingerprint density at radius 2 is 1.79 bits per heavy atom. The molecule has 5 rings (SSSR count). The zero-order valence-electron chi connectivity index (χ0n) is 19.3. The standard InChI is InChI=1S/C25H28N4O3S/c1-15-9-10-18-19(13-15)33-22-21(18)25(32)28(20(26-22)14-27(2)3)11-6-12-29-23(30)16-7-4-5-8-17(16)24(29)31/h4-5,7-8,15H,6,9-14H2,1-3H3. The Hall–Kier alpha value is -2.84. The molecule has 2 aliphatic rings. The molecule has 1 aromatic carbocycles. The fraction of sp³-hybridized carbons (Fsp3) is 0.440. The molecule has 1 unspecified atom stereocenters. The van der Waals surface area contributed by atoms with Crippen LogP contribution in [0.2, 0.25) is 0 Å². The van der Waals surface area contributed by atoms with Crippen LogP contribution in [-0.4, -0.2) is 51.8 Å². The Morgan fingerprint density at radius 3 is 2.45 bits per heavy atom. The lowest BCUT2D eigenvalue weighted by molar-refractivity contribution is 0.0650. The Balaban J connectivity index is 1.44. The predicted molar refractivity (Wildman–Crippen MR) is 129 cm³/mol.